The topological polar surface area (TPSA) is 78.1 Å². The molecule has 0 aliphatic carbocycles. The molecule has 36 heavy (non-hydrogen) atoms. The van der Waals surface area contributed by atoms with Crippen LogP contribution in [-0.2, 0) is 4.79 Å². The number of nitrogens with zero attached hydrogens (tertiary/aromatic N) is 2. The first kappa shape index (κ1) is 25.3. The van der Waals surface area contributed by atoms with E-state index in [1.54, 1.807) is 19.2 Å². The first-order valence-electron chi connectivity index (χ1n) is 11.2. The van der Waals surface area contributed by atoms with Crippen LogP contribution in [0.25, 0.3) is 11.3 Å². The van der Waals surface area contributed by atoms with Crippen LogP contribution < -0.4 is 5.32 Å². The zero-order valence-corrected chi connectivity index (χ0v) is 19.2. The average Bonchev–Trinajstić information content (AvgIpc) is 3.27. The molecule has 1 aliphatic heterocycles. The van der Waals surface area contributed by atoms with Gasteiger partial charge in [-0.1, -0.05) is 12.1 Å². The van der Waals surface area contributed by atoms with Gasteiger partial charge in [-0.25, -0.2) is 26.9 Å². The molecule has 6 nitrogen and oxygen atoms in total. The first-order valence-corrected chi connectivity index (χ1v) is 11.2. The van der Waals surface area contributed by atoms with Crippen molar-refractivity contribution < 1.29 is 31.5 Å². The van der Waals surface area contributed by atoms with E-state index < -0.39 is 49.3 Å². The second-order valence-corrected chi connectivity index (χ2v) is 8.67. The summed E-state index contributed by atoms with van der Waals surface area (Å²) in [5, 5.41) is 2.52. The van der Waals surface area contributed by atoms with Crippen LogP contribution in [0, 0.1) is 5.82 Å². The number of nitrogens with one attached hydrogen (secondary N) is 2. The number of carbonyl (C=O) groups is 2. The fourth-order valence-corrected chi connectivity index (χ4v) is 4.39. The molecule has 190 valence electrons. The average molecular weight is 506 g/mol. The Morgan fingerprint density at radius 1 is 1.14 bits per heavy atom. The summed E-state index contributed by atoms with van der Waals surface area (Å²) in [6.45, 7) is 0.155. The number of halogens is 5. The van der Waals surface area contributed by atoms with E-state index in [0.717, 1.165) is 12.1 Å². The highest BCUT2D eigenvalue weighted by Gasteiger charge is 2.33. The summed E-state index contributed by atoms with van der Waals surface area (Å²) >= 11 is 0. The van der Waals surface area contributed by atoms with Crippen molar-refractivity contribution in [2.24, 2.45) is 0 Å². The Bertz CT molecular complexity index is 1250. The molecule has 2 aromatic heterocycles. The highest BCUT2D eigenvalue weighted by Crippen LogP contribution is 2.35. The van der Waals surface area contributed by atoms with Gasteiger partial charge in [-0.3, -0.25) is 9.59 Å². The van der Waals surface area contributed by atoms with Gasteiger partial charge < -0.3 is 15.2 Å². The Morgan fingerprint density at radius 3 is 2.53 bits per heavy atom. The van der Waals surface area contributed by atoms with Crippen molar-refractivity contribution in [1.82, 2.24) is 14.9 Å². The van der Waals surface area contributed by atoms with Crippen LogP contribution in [-0.4, -0.2) is 53.1 Å². The smallest absolute Gasteiger partial charge is 0.255 e. The normalized spacial score (nSPS) is 16.4. The maximum absolute atomic E-state index is 13.3. The molecule has 3 heterocycles. The summed E-state index contributed by atoms with van der Waals surface area (Å²) in [7, 11) is 1.55. The number of anilines is 1. The lowest BCUT2D eigenvalue weighted by molar-refractivity contribution is -0.118. The summed E-state index contributed by atoms with van der Waals surface area (Å²) in [6, 6.07) is 9.37. The number of pyridine rings is 1. The second kappa shape index (κ2) is 10.5. The molecular formula is C25H23F5N4O2. The number of fused-ring (bicyclic) bond motifs is 1. The van der Waals surface area contributed by atoms with Crippen molar-refractivity contribution in [1.29, 1.82) is 0 Å². The number of aromatic nitrogens is 2. The van der Waals surface area contributed by atoms with E-state index in [1.165, 1.54) is 29.3 Å². The van der Waals surface area contributed by atoms with Gasteiger partial charge in [-0.2, -0.15) is 0 Å². The van der Waals surface area contributed by atoms with Gasteiger partial charge in [0.05, 0.1) is 11.5 Å². The lowest BCUT2D eigenvalue weighted by Gasteiger charge is -2.29. The van der Waals surface area contributed by atoms with Crippen LogP contribution in [0.2, 0.25) is 0 Å². The first-order chi connectivity index (χ1) is 17.1. The van der Waals surface area contributed by atoms with Gasteiger partial charge in [0.2, 0.25) is 18.8 Å². The van der Waals surface area contributed by atoms with E-state index in [1.807, 2.05) is 0 Å². The SMILES string of the molecule is CN1CC(CC(F)F)c2[nH]c(-c3ccnc(NC(=O)C(CC(F)F)c4ccc(F)cc4)c3)cc2C1=O. The maximum Gasteiger partial charge on any atom is 0.255 e. The zero-order chi connectivity index (χ0) is 26.0. The van der Waals surface area contributed by atoms with E-state index in [0.29, 0.717) is 22.5 Å². The molecule has 0 spiro atoms. The van der Waals surface area contributed by atoms with Gasteiger partial charge in [-0.15, -0.1) is 0 Å². The molecule has 2 atom stereocenters. The minimum atomic E-state index is -2.77. The minimum absolute atomic E-state index is 0.0685. The van der Waals surface area contributed by atoms with Gasteiger partial charge in [-0.05, 0) is 35.9 Å². The van der Waals surface area contributed by atoms with Crippen molar-refractivity contribution in [3.63, 3.8) is 0 Å². The molecule has 2 unspecified atom stereocenters. The van der Waals surface area contributed by atoms with Crippen molar-refractivity contribution in [2.75, 3.05) is 18.9 Å². The number of amides is 2. The Labute approximate surface area is 203 Å². The fraction of sp³-hybridized carbons (Fsp3) is 0.320. The van der Waals surface area contributed by atoms with E-state index in [2.05, 4.69) is 15.3 Å². The Balaban J connectivity index is 1.59. The molecule has 0 saturated heterocycles. The molecule has 0 saturated carbocycles. The second-order valence-electron chi connectivity index (χ2n) is 8.67. The maximum atomic E-state index is 13.3. The zero-order valence-electron chi connectivity index (χ0n) is 19.2. The molecule has 11 heteroatoms. The standard InChI is InChI=1S/C25H23F5N4O2/c1-34-12-15(8-20(27)28)23-18(25(34)36)10-19(32-23)14-6-7-31-22(9-14)33-24(35)17(11-21(29)30)13-2-4-16(26)5-3-13/h2-7,9-10,15,17,20-21,32H,8,11-12H2,1H3,(H,31,33,35). The molecule has 3 aromatic rings. The van der Waals surface area contributed by atoms with Crippen LogP contribution in [0.5, 0.6) is 0 Å². The van der Waals surface area contributed by atoms with Crippen LogP contribution in [0.1, 0.15) is 46.3 Å². The minimum Gasteiger partial charge on any atom is -0.357 e. The number of H-pyrrole nitrogens is 1. The van der Waals surface area contributed by atoms with Crippen LogP contribution in [0.3, 0.4) is 0 Å². The molecule has 0 fully saturated rings. The van der Waals surface area contributed by atoms with Gasteiger partial charge in [0, 0.05) is 55.5 Å². The summed E-state index contributed by atoms with van der Waals surface area (Å²) < 4.78 is 65.8. The lowest BCUT2D eigenvalue weighted by Crippen LogP contribution is -2.37. The Morgan fingerprint density at radius 2 is 1.86 bits per heavy atom. The third-order valence-electron chi connectivity index (χ3n) is 6.12. The van der Waals surface area contributed by atoms with Gasteiger partial charge >= 0.3 is 0 Å². The van der Waals surface area contributed by atoms with Crippen molar-refractivity contribution in [2.45, 2.75) is 37.5 Å². The predicted molar refractivity (Wildman–Crippen MR) is 123 cm³/mol. The van der Waals surface area contributed by atoms with E-state index in [-0.39, 0.29) is 23.8 Å². The number of alkyl halides is 4. The van der Waals surface area contributed by atoms with Gasteiger partial charge in [0.1, 0.15) is 11.6 Å². The number of aromatic amines is 1. The number of likely N-dealkylation sites (N-methyl/N-ethyl adjacent to an activating group) is 1. The van der Waals surface area contributed by atoms with E-state index in [4.69, 9.17) is 0 Å². The number of hydrogen-bond acceptors (Lipinski definition) is 3. The van der Waals surface area contributed by atoms with Gasteiger partial charge in [0.15, 0.2) is 0 Å². The monoisotopic (exact) mass is 506 g/mol. The van der Waals surface area contributed by atoms with Crippen LogP contribution in [0.4, 0.5) is 27.8 Å². The Hall–Kier alpha value is -3.76. The highest BCUT2D eigenvalue weighted by atomic mass is 19.3. The summed E-state index contributed by atoms with van der Waals surface area (Å²) in [5.41, 5.74) is 1.91. The lowest BCUT2D eigenvalue weighted by atomic mass is 9.93. The fourth-order valence-electron chi connectivity index (χ4n) is 4.39. The molecule has 0 bridgehead atoms. The van der Waals surface area contributed by atoms with Crippen LogP contribution in [0.15, 0.2) is 48.7 Å². The van der Waals surface area contributed by atoms with Crippen molar-refractivity contribution >= 4 is 17.6 Å². The van der Waals surface area contributed by atoms with Gasteiger partial charge in [0.25, 0.3) is 5.91 Å². The quantitative estimate of drug-likeness (QED) is 0.401. The van der Waals surface area contributed by atoms with Crippen molar-refractivity contribution in [3.8, 4) is 11.3 Å². The number of carbonyl (C=O) groups excluding carboxylic acids is 2. The molecule has 4 rings (SSSR count). The highest BCUT2D eigenvalue weighted by molar-refractivity contribution is 5.98. The third kappa shape index (κ3) is 5.55. The summed E-state index contributed by atoms with van der Waals surface area (Å²) in [5.74, 6) is -3.33. The number of rotatable bonds is 8. The molecule has 2 amide bonds. The molecule has 0 radical (unpaired) electrons. The molecule has 2 N–H and O–H groups in total. The summed E-state index contributed by atoms with van der Waals surface area (Å²) in [6.07, 6.45) is -5.10. The third-order valence-corrected chi connectivity index (χ3v) is 6.12. The van der Waals surface area contributed by atoms with E-state index >= 15 is 0 Å². The molecular weight excluding hydrogens is 483 g/mol. The Kier molecular flexibility index (Phi) is 7.37. The van der Waals surface area contributed by atoms with Crippen molar-refractivity contribution in [3.05, 3.63) is 71.3 Å². The number of hydrogen-bond donors (Lipinski definition) is 2. The predicted octanol–water partition coefficient (Wildman–Crippen LogP) is 5.42. The van der Waals surface area contributed by atoms with E-state index in [9.17, 15) is 31.5 Å². The largest absolute Gasteiger partial charge is 0.357 e. The molecule has 1 aliphatic rings. The molecule has 1 aromatic carbocycles. The number of benzene rings is 1. The van der Waals surface area contributed by atoms with Crippen LogP contribution >= 0.6 is 0 Å². The summed E-state index contributed by atoms with van der Waals surface area (Å²) in [4.78, 5) is 34.0.